The molecular formula is C13H15N3O3. The van der Waals surface area contributed by atoms with E-state index in [-0.39, 0.29) is 6.42 Å². The Kier molecular flexibility index (Phi) is 3.25. The van der Waals surface area contributed by atoms with Crippen LogP contribution in [-0.2, 0) is 16.0 Å². The Hall–Kier alpha value is -2.37. The molecule has 1 fully saturated rings. The highest BCUT2D eigenvalue weighted by Crippen LogP contribution is 2.30. The number of rotatable bonds is 3. The molecule has 4 N–H and O–H groups in total. The topological polar surface area (TPSA) is 101 Å². The Labute approximate surface area is 110 Å². The van der Waals surface area contributed by atoms with Gasteiger partial charge in [0.2, 0.25) is 11.8 Å². The summed E-state index contributed by atoms with van der Waals surface area (Å²) >= 11 is 0. The predicted octanol–water partition coefficient (Wildman–Crippen LogP) is 0.574. The van der Waals surface area contributed by atoms with E-state index in [1.54, 1.807) is 31.2 Å². The van der Waals surface area contributed by atoms with E-state index < -0.39 is 23.3 Å². The molecule has 100 valence electrons. The second kappa shape index (κ2) is 4.72. The second-order valence-corrected chi connectivity index (χ2v) is 4.59. The Morgan fingerprint density at radius 1 is 1.05 bits per heavy atom. The molecule has 1 heterocycles. The van der Waals surface area contributed by atoms with Crippen LogP contribution >= 0.6 is 0 Å². The summed E-state index contributed by atoms with van der Waals surface area (Å²) in [5, 5.41) is 4.30. The van der Waals surface area contributed by atoms with Gasteiger partial charge in [-0.15, -0.1) is 0 Å². The second-order valence-electron chi connectivity index (χ2n) is 4.59. The molecular weight excluding hydrogens is 246 g/mol. The maximum atomic E-state index is 12.0. The van der Waals surface area contributed by atoms with E-state index in [2.05, 4.69) is 10.6 Å². The van der Waals surface area contributed by atoms with Crippen molar-refractivity contribution < 1.29 is 14.4 Å². The number of amides is 4. The molecule has 1 aromatic carbocycles. The molecule has 6 nitrogen and oxygen atoms in total. The zero-order valence-corrected chi connectivity index (χ0v) is 10.5. The quantitative estimate of drug-likeness (QED) is 0.547. The summed E-state index contributed by atoms with van der Waals surface area (Å²) in [7, 11) is 0. The van der Waals surface area contributed by atoms with Gasteiger partial charge in [-0.1, -0.05) is 19.1 Å². The molecule has 1 aromatic rings. The van der Waals surface area contributed by atoms with Gasteiger partial charge in [-0.25, -0.2) is 4.79 Å². The SMILES string of the molecule is CCC1(Cc2ccc(N)cc2)C(=O)NC(=O)NC1=O. The number of benzene rings is 1. The number of anilines is 1. The highest BCUT2D eigenvalue weighted by atomic mass is 16.2. The predicted molar refractivity (Wildman–Crippen MR) is 69.0 cm³/mol. The van der Waals surface area contributed by atoms with Gasteiger partial charge in [0.1, 0.15) is 5.41 Å². The fraction of sp³-hybridized carbons (Fsp3) is 0.308. The van der Waals surface area contributed by atoms with Crippen LogP contribution in [0.1, 0.15) is 18.9 Å². The molecule has 1 saturated heterocycles. The molecule has 0 unspecified atom stereocenters. The molecule has 19 heavy (non-hydrogen) atoms. The number of nitrogens with two attached hydrogens (primary N) is 1. The number of hydrogen-bond acceptors (Lipinski definition) is 4. The van der Waals surface area contributed by atoms with Crippen LogP contribution in [0.2, 0.25) is 0 Å². The Balaban J connectivity index is 2.32. The average Bonchev–Trinajstić information content (AvgIpc) is 2.36. The third-order valence-corrected chi connectivity index (χ3v) is 3.41. The summed E-state index contributed by atoms with van der Waals surface area (Å²) in [5.74, 6) is -1.11. The molecule has 2 rings (SSSR count). The van der Waals surface area contributed by atoms with Gasteiger partial charge in [-0.2, -0.15) is 0 Å². The first-order chi connectivity index (χ1) is 8.98. The lowest BCUT2D eigenvalue weighted by Gasteiger charge is -2.33. The van der Waals surface area contributed by atoms with Crippen LogP contribution < -0.4 is 16.4 Å². The monoisotopic (exact) mass is 261 g/mol. The van der Waals surface area contributed by atoms with E-state index >= 15 is 0 Å². The Bertz CT molecular complexity index is 517. The van der Waals surface area contributed by atoms with Crippen LogP contribution in [0.25, 0.3) is 0 Å². The van der Waals surface area contributed by atoms with Crippen LogP contribution in [0.15, 0.2) is 24.3 Å². The molecule has 0 aromatic heterocycles. The standard InChI is InChI=1S/C13H15N3O3/c1-2-13(7-8-3-5-9(14)6-4-8)10(17)15-12(19)16-11(13)18/h3-6H,2,7,14H2,1H3,(H2,15,16,17,18,19). The van der Waals surface area contributed by atoms with Gasteiger partial charge in [0.25, 0.3) is 0 Å². The van der Waals surface area contributed by atoms with E-state index in [9.17, 15) is 14.4 Å². The van der Waals surface area contributed by atoms with Gasteiger partial charge in [-0.05, 0) is 30.5 Å². The van der Waals surface area contributed by atoms with Crippen molar-refractivity contribution in [1.82, 2.24) is 10.6 Å². The van der Waals surface area contributed by atoms with Crippen LogP contribution in [0, 0.1) is 5.41 Å². The first kappa shape index (κ1) is 13.1. The van der Waals surface area contributed by atoms with Crippen LogP contribution in [-0.4, -0.2) is 17.8 Å². The van der Waals surface area contributed by atoms with E-state index in [1.165, 1.54) is 0 Å². The van der Waals surface area contributed by atoms with Gasteiger partial charge in [-0.3, -0.25) is 20.2 Å². The summed E-state index contributed by atoms with van der Waals surface area (Å²) in [6.45, 7) is 1.74. The zero-order chi connectivity index (χ0) is 14.0. The molecule has 1 aliphatic heterocycles. The smallest absolute Gasteiger partial charge is 0.328 e. The Morgan fingerprint density at radius 2 is 1.58 bits per heavy atom. The summed E-state index contributed by atoms with van der Waals surface area (Å²) in [6, 6.07) is 6.19. The highest BCUT2D eigenvalue weighted by Gasteiger charge is 2.48. The fourth-order valence-electron chi connectivity index (χ4n) is 2.17. The lowest BCUT2D eigenvalue weighted by molar-refractivity contribution is -0.144. The first-order valence-electron chi connectivity index (χ1n) is 5.99. The molecule has 6 heteroatoms. The summed E-state index contributed by atoms with van der Waals surface area (Å²) in [6.07, 6.45) is 0.539. The molecule has 0 saturated carbocycles. The summed E-state index contributed by atoms with van der Waals surface area (Å²) in [5.41, 5.74) is 5.78. The third kappa shape index (κ3) is 2.29. The van der Waals surface area contributed by atoms with Crippen molar-refractivity contribution in [1.29, 1.82) is 0 Å². The number of hydrogen-bond donors (Lipinski definition) is 3. The normalized spacial score (nSPS) is 17.8. The Morgan fingerprint density at radius 3 is 2.05 bits per heavy atom. The van der Waals surface area contributed by atoms with Crippen LogP contribution in [0.5, 0.6) is 0 Å². The molecule has 4 amide bonds. The van der Waals surface area contributed by atoms with Gasteiger partial charge in [0.05, 0.1) is 0 Å². The maximum Gasteiger partial charge on any atom is 0.328 e. The minimum absolute atomic E-state index is 0.231. The maximum absolute atomic E-state index is 12.0. The van der Waals surface area contributed by atoms with Gasteiger partial charge in [0.15, 0.2) is 0 Å². The average molecular weight is 261 g/mol. The van der Waals surface area contributed by atoms with Crippen molar-refractivity contribution in [2.75, 3.05) is 5.73 Å². The molecule has 0 atom stereocenters. The van der Waals surface area contributed by atoms with Crippen molar-refractivity contribution >= 4 is 23.5 Å². The van der Waals surface area contributed by atoms with Crippen molar-refractivity contribution in [2.45, 2.75) is 19.8 Å². The lowest BCUT2D eigenvalue weighted by atomic mass is 9.76. The van der Waals surface area contributed by atoms with Gasteiger partial charge >= 0.3 is 6.03 Å². The van der Waals surface area contributed by atoms with Crippen LogP contribution in [0.3, 0.4) is 0 Å². The van der Waals surface area contributed by atoms with Crippen molar-refractivity contribution in [3.05, 3.63) is 29.8 Å². The summed E-state index contributed by atoms with van der Waals surface area (Å²) in [4.78, 5) is 35.1. The minimum atomic E-state index is -1.25. The number of imide groups is 2. The van der Waals surface area contributed by atoms with Gasteiger partial charge in [0, 0.05) is 5.69 Å². The number of carbonyl (C=O) groups is 3. The third-order valence-electron chi connectivity index (χ3n) is 3.41. The van der Waals surface area contributed by atoms with Gasteiger partial charge < -0.3 is 5.73 Å². The first-order valence-corrected chi connectivity index (χ1v) is 5.99. The largest absolute Gasteiger partial charge is 0.399 e. The fourth-order valence-corrected chi connectivity index (χ4v) is 2.17. The van der Waals surface area contributed by atoms with E-state index in [1.807, 2.05) is 0 Å². The molecule has 1 aliphatic rings. The van der Waals surface area contributed by atoms with Crippen LogP contribution in [0.4, 0.5) is 10.5 Å². The molecule has 0 aliphatic carbocycles. The van der Waals surface area contributed by atoms with Crippen molar-refractivity contribution in [2.24, 2.45) is 5.41 Å². The van der Waals surface area contributed by atoms with Crippen molar-refractivity contribution in [3.63, 3.8) is 0 Å². The molecule has 0 spiro atoms. The van der Waals surface area contributed by atoms with Crippen molar-refractivity contribution in [3.8, 4) is 0 Å². The lowest BCUT2D eigenvalue weighted by Crippen LogP contribution is -2.63. The van der Waals surface area contributed by atoms with E-state index in [4.69, 9.17) is 5.73 Å². The number of nitrogens with one attached hydrogen (secondary N) is 2. The number of carbonyl (C=O) groups excluding carboxylic acids is 3. The summed E-state index contributed by atoms with van der Waals surface area (Å²) < 4.78 is 0. The van der Waals surface area contributed by atoms with E-state index in [0.29, 0.717) is 12.1 Å². The molecule has 0 radical (unpaired) electrons. The minimum Gasteiger partial charge on any atom is -0.399 e. The highest BCUT2D eigenvalue weighted by molar-refractivity contribution is 6.19. The number of nitrogen functional groups attached to an aromatic ring is 1. The molecule has 0 bridgehead atoms. The number of urea groups is 1. The zero-order valence-electron chi connectivity index (χ0n) is 10.5. The number of barbiturate groups is 1. The van der Waals surface area contributed by atoms with E-state index in [0.717, 1.165) is 5.56 Å².